The van der Waals surface area contributed by atoms with E-state index in [2.05, 4.69) is 22.9 Å². The Bertz CT molecular complexity index is 1290. The van der Waals surface area contributed by atoms with E-state index in [0.717, 1.165) is 60.1 Å². The van der Waals surface area contributed by atoms with Crippen LogP contribution in [0.1, 0.15) is 36.5 Å². The molecule has 0 spiro atoms. The van der Waals surface area contributed by atoms with Crippen LogP contribution in [0, 0.1) is 5.82 Å². The van der Waals surface area contributed by atoms with Gasteiger partial charge >= 0.3 is 0 Å². The zero-order chi connectivity index (χ0) is 27.2. The van der Waals surface area contributed by atoms with Crippen molar-refractivity contribution in [2.24, 2.45) is 0 Å². The number of rotatable bonds is 11. The second-order valence-electron chi connectivity index (χ2n) is 10.0. The van der Waals surface area contributed by atoms with Crippen molar-refractivity contribution in [1.29, 1.82) is 0 Å². The van der Waals surface area contributed by atoms with Gasteiger partial charge < -0.3 is 23.8 Å². The number of likely N-dealkylation sites (tertiary alicyclic amines) is 1. The zero-order valence-corrected chi connectivity index (χ0v) is 23.0. The Morgan fingerprint density at radius 1 is 0.795 bits per heavy atom. The summed E-state index contributed by atoms with van der Waals surface area (Å²) in [4.78, 5) is 4.65. The lowest BCUT2D eigenvalue weighted by molar-refractivity contribution is 0.245. The lowest BCUT2D eigenvalue weighted by atomic mass is 9.97. The van der Waals surface area contributed by atoms with E-state index in [4.69, 9.17) is 18.9 Å². The van der Waals surface area contributed by atoms with Crippen molar-refractivity contribution in [3.8, 4) is 23.0 Å². The SMILES string of the molecule is CCN1C=C(CN2CCCC2)Cc2cc(F)c(OCc3ccc(OC)cc3)c(OCc3ccc(OC)cc3)c21. The van der Waals surface area contributed by atoms with Gasteiger partial charge in [-0.25, -0.2) is 4.39 Å². The van der Waals surface area contributed by atoms with Crippen molar-refractivity contribution in [2.75, 3.05) is 45.3 Å². The molecule has 39 heavy (non-hydrogen) atoms. The van der Waals surface area contributed by atoms with Gasteiger partial charge in [0.2, 0.25) is 0 Å². The highest BCUT2D eigenvalue weighted by atomic mass is 19.1. The topological polar surface area (TPSA) is 43.4 Å². The molecule has 0 saturated carbocycles. The molecule has 2 heterocycles. The predicted molar refractivity (Wildman–Crippen MR) is 152 cm³/mol. The quantitative estimate of drug-likeness (QED) is 0.286. The molecule has 3 aromatic carbocycles. The van der Waals surface area contributed by atoms with Crippen molar-refractivity contribution >= 4 is 5.69 Å². The van der Waals surface area contributed by atoms with Crippen molar-refractivity contribution in [2.45, 2.75) is 39.4 Å². The summed E-state index contributed by atoms with van der Waals surface area (Å²) in [5.74, 6) is 1.70. The maximum Gasteiger partial charge on any atom is 0.199 e. The van der Waals surface area contributed by atoms with Crippen LogP contribution in [-0.4, -0.2) is 45.3 Å². The van der Waals surface area contributed by atoms with Crippen molar-refractivity contribution < 1.29 is 23.3 Å². The monoisotopic (exact) mass is 532 g/mol. The molecule has 1 saturated heterocycles. The molecule has 206 valence electrons. The molecule has 1 fully saturated rings. The molecule has 3 aromatic rings. The number of hydrogen-bond donors (Lipinski definition) is 0. The molecule has 0 bridgehead atoms. The number of methoxy groups -OCH3 is 2. The average molecular weight is 533 g/mol. The molecule has 5 rings (SSSR count). The van der Waals surface area contributed by atoms with E-state index in [1.54, 1.807) is 20.3 Å². The minimum atomic E-state index is -0.412. The van der Waals surface area contributed by atoms with Gasteiger partial charge in [0.25, 0.3) is 0 Å². The molecule has 0 aromatic heterocycles. The van der Waals surface area contributed by atoms with Gasteiger partial charge in [0.1, 0.15) is 24.7 Å². The molecule has 0 atom stereocenters. The maximum atomic E-state index is 15.8. The van der Waals surface area contributed by atoms with Crippen molar-refractivity contribution in [1.82, 2.24) is 4.90 Å². The van der Waals surface area contributed by atoms with Gasteiger partial charge in [0, 0.05) is 19.3 Å². The van der Waals surface area contributed by atoms with Crippen LogP contribution in [0.25, 0.3) is 0 Å². The third kappa shape index (κ3) is 6.31. The fraction of sp³-hybridized carbons (Fsp3) is 0.375. The molecule has 0 radical (unpaired) electrons. The standard InChI is InChI=1S/C32H37FN2O4/c1-4-35-20-25(19-34-15-5-6-16-34)17-26-18-29(33)31(38-21-23-7-11-27(36-2)12-8-23)32(30(26)35)39-22-24-9-13-28(37-3)14-10-24/h7-14,18,20H,4-6,15-17,19,21-22H2,1-3H3. The van der Waals surface area contributed by atoms with Crippen molar-refractivity contribution in [3.05, 3.63) is 88.9 Å². The van der Waals surface area contributed by atoms with E-state index >= 15 is 4.39 Å². The summed E-state index contributed by atoms with van der Waals surface area (Å²) in [5, 5.41) is 0. The minimum absolute atomic E-state index is 0.132. The third-order valence-corrected chi connectivity index (χ3v) is 7.34. The summed E-state index contributed by atoms with van der Waals surface area (Å²) in [6.07, 6.45) is 5.39. The molecule has 0 amide bonds. The summed E-state index contributed by atoms with van der Waals surface area (Å²) in [6, 6.07) is 16.9. The summed E-state index contributed by atoms with van der Waals surface area (Å²) in [6.45, 7) is 6.49. The molecule has 0 N–H and O–H groups in total. The number of benzene rings is 3. The minimum Gasteiger partial charge on any atom is -0.497 e. The van der Waals surface area contributed by atoms with Crippen LogP contribution in [0.4, 0.5) is 10.1 Å². The molecular weight excluding hydrogens is 495 g/mol. The van der Waals surface area contributed by atoms with Gasteiger partial charge in [-0.1, -0.05) is 24.3 Å². The lowest BCUT2D eigenvalue weighted by Crippen LogP contribution is -2.29. The maximum absolute atomic E-state index is 15.8. The molecular formula is C32H37FN2O4. The summed E-state index contributed by atoms with van der Waals surface area (Å²) in [5.41, 5.74) is 4.96. The Balaban J connectivity index is 1.46. The summed E-state index contributed by atoms with van der Waals surface area (Å²) in [7, 11) is 3.27. The van der Waals surface area contributed by atoms with Crippen LogP contribution in [0.3, 0.4) is 0 Å². The lowest BCUT2D eigenvalue weighted by Gasteiger charge is -2.32. The van der Waals surface area contributed by atoms with Gasteiger partial charge in [-0.05, 0) is 91.9 Å². The van der Waals surface area contributed by atoms with Crippen LogP contribution in [0.5, 0.6) is 23.0 Å². The average Bonchev–Trinajstić information content (AvgIpc) is 3.48. The second kappa shape index (κ2) is 12.4. The van der Waals surface area contributed by atoms with Crippen LogP contribution >= 0.6 is 0 Å². The van der Waals surface area contributed by atoms with E-state index in [-0.39, 0.29) is 19.0 Å². The Kier molecular flexibility index (Phi) is 8.57. The van der Waals surface area contributed by atoms with Crippen LogP contribution in [0.2, 0.25) is 0 Å². The van der Waals surface area contributed by atoms with Crippen LogP contribution in [-0.2, 0) is 19.6 Å². The molecule has 6 nitrogen and oxygen atoms in total. The Hall–Kier alpha value is -3.71. The van der Waals surface area contributed by atoms with E-state index in [1.807, 2.05) is 48.5 Å². The number of halogens is 1. The highest BCUT2D eigenvalue weighted by Crippen LogP contribution is 2.46. The van der Waals surface area contributed by atoms with E-state index in [0.29, 0.717) is 12.2 Å². The summed E-state index contributed by atoms with van der Waals surface area (Å²) < 4.78 is 38.8. The van der Waals surface area contributed by atoms with Crippen LogP contribution < -0.4 is 23.8 Å². The second-order valence-corrected chi connectivity index (χ2v) is 10.0. The van der Waals surface area contributed by atoms with Crippen molar-refractivity contribution in [3.63, 3.8) is 0 Å². The predicted octanol–water partition coefficient (Wildman–Crippen LogP) is 6.36. The van der Waals surface area contributed by atoms with Crippen LogP contribution in [0.15, 0.2) is 66.4 Å². The third-order valence-electron chi connectivity index (χ3n) is 7.34. The van der Waals surface area contributed by atoms with Gasteiger partial charge in [0.15, 0.2) is 17.3 Å². The Morgan fingerprint density at radius 3 is 1.90 bits per heavy atom. The highest BCUT2D eigenvalue weighted by molar-refractivity contribution is 5.73. The number of hydrogen-bond acceptors (Lipinski definition) is 6. The van der Waals surface area contributed by atoms with Gasteiger partial charge in [-0.15, -0.1) is 0 Å². The molecule has 2 aliphatic heterocycles. The smallest absolute Gasteiger partial charge is 0.199 e. The Labute approximate surface area is 230 Å². The first kappa shape index (κ1) is 26.9. The van der Waals surface area contributed by atoms with Gasteiger partial charge in [0.05, 0.1) is 19.9 Å². The van der Waals surface area contributed by atoms with E-state index < -0.39 is 5.82 Å². The highest BCUT2D eigenvalue weighted by Gasteiger charge is 2.28. The first-order valence-corrected chi connectivity index (χ1v) is 13.6. The van der Waals surface area contributed by atoms with E-state index in [1.165, 1.54) is 18.4 Å². The fourth-order valence-electron chi connectivity index (χ4n) is 5.27. The molecule has 0 aliphatic carbocycles. The molecule has 7 heteroatoms. The number of ether oxygens (including phenoxy) is 4. The Morgan fingerprint density at radius 2 is 1.36 bits per heavy atom. The first-order valence-electron chi connectivity index (χ1n) is 13.6. The number of anilines is 1. The van der Waals surface area contributed by atoms with E-state index in [9.17, 15) is 0 Å². The van der Waals surface area contributed by atoms with Gasteiger partial charge in [-0.3, -0.25) is 4.90 Å². The molecule has 0 unspecified atom stereocenters. The van der Waals surface area contributed by atoms with Gasteiger partial charge in [-0.2, -0.15) is 0 Å². The number of nitrogens with zero attached hydrogens (tertiary/aromatic N) is 2. The normalized spacial score (nSPS) is 15.1. The number of fused-ring (bicyclic) bond motifs is 1. The fourth-order valence-corrected chi connectivity index (χ4v) is 5.27. The molecule has 2 aliphatic rings. The summed E-state index contributed by atoms with van der Waals surface area (Å²) >= 11 is 0. The largest absolute Gasteiger partial charge is 0.497 e. The zero-order valence-electron chi connectivity index (χ0n) is 23.0. The first-order chi connectivity index (χ1) is 19.1.